The lowest BCUT2D eigenvalue weighted by Crippen LogP contribution is -2.32. The molecule has 0 unspecified atom stereocenters. The van der Waals surface area contributed by atoms with Crippen LogP contribution in [0, 0.1) is 22.9 Å². The van der Waals surface area contributed by atoms with Crippen molar-refractivity contribution < 1.29 is 18.8 Å². The minimum absolute atomic E-state index is 0.0525. The van der Waals surface area contributed by atoms with Crippen LogP contribution in [0.1, 0.15) is 11.1 Å². The molecular weight excluding hydrogens is 397 g/mol. The van der Waals surface area contributed by atoms with Crippen molar-refractivity contribution in [3.05, 3.63) is 63.5 Å². The first kappa shape index (κ1) is 21.1. The van der Waals surface area contributed by atoms with Crippen molar-refractivity contribution in [3.63, 3.8) is 0 Å². The number of anilines is 1. The third-order valence-electron chi connectivity index (χ3n) is 4.70. The number of carbonyl (C=O) groups is 1. The minimum atomic E-state index is -1.01. The summed E-state index contributed by atoms with van der Waals surface area (Å²) in [5, 5.41) is 13.5. The molecule has 1 aliphatic rings. The zero-order valence-corrected chi connectivity index (χ0v) is 16.8. The number of ether oxygens (including phenoxy) is 1. The van der Waals surface area contributed by atoms with Crippen molar-refractivity contribution in [2.45, 2.75) is 13.5 Å². The highest BCUT2D eigenvalue weighted by Gasteiger charge is 2.16. The maximum atomic E-state index is 13.6. The first-order valence-electron chi connectivity index (χ1n) is 9.19. The smallest absolute Gasteiger partial charge is 0.305 e. The fourth-order valence-corrected chi connectivity index (χ4v) is 4.03. The van der Waals surface area contributed by atoms with Crippen LogP contribution < -0.4 is 10.1 Å². The fourth-order valence-electron chi connectivity index (χ4n) is 3.05. The van der Waals surface area contributed by atoms with Gasteiger partial charge in [0.1, 0.15) is 5.75 Å². The molecule has 0 aliphatic carbocycles. The van der Waals surface area contributed by atoms with E-state index in [1.165, 1.54) is 6.07 Å². The molecule has 7 nitrogen and oxygen atoms in total. The number of halogens is 1. The first-order chi connectivity index (χ1) is 13.9. The van der Waals surface area contributed by atoms with Crippen molar-refractivity contribution in [1.82, 2.24) is 4.90 Å². The average molecular weight is 419 g/mol. The lowest BCUT2D eigenvalue weighted by atomic mass is 10.1. The van der Waals surface area contributed by atoms with Crippen LogP contribution in [0.25, 0.3) is 0 Å². The Labute approximate surface area is 172 Å². The molecule has 29 heavy (non-hydrogen) atoms. The van der Waals surface area contributed by atoms with Crippen molar-refractivity contribution >= 4 is 29.0 Å². The molecule has 0 spiro atoms. The fraction of sp³-hybridized carbons (Fsp3) is 0.350. The summed E-state index contributed by atoms with van der Waals surface area (Å²) in [7, 11) is 0. The number of benzene rings is 2. The van der Waals surface area contributed by atoms with Crippen LogP contribution in [-0.4, -0.2) is 46.9 Å². The number of hydrogen-bond donors (Lipinski definition) is 1. The molecular formula is C20H22FN3O4S. The van der Waals surface area contributed by atoms with Gasteiger partial charge in [-0.25, -0.2) is 0 Å². The lowest BCUT2D eigenvalue weighted by Gasteiger charge is -2.27. The maximum Gasteiger partial charge on any atom is 0.305 e. The number of hydrogen-bond acceptors (Lipinski definition) is 6. The van der Waals surface area contributed by atoms with Crippen LogP contribution in [0.5, 0.6) is 5.75 Å². The summed E-state index contributed by atoms with van der Waals surface area (Å²) in [6, 6.07) is 8.96. The summed E-state index contributed by atoms with van der Waals surface area (Å²) in [4.78, 5) is 24.5. The second kappa shape index (κ2) is 9.71. The molecule has 2 aromatic carbocycles. The summed E-state index contributed by atoms with van der Waals surface area (Å²) >= 11 is 1.96. The molecule has 1 N–H and O–H groups in total. The highest BCUT2D eigenvalue weighted by molar-refractivity contribution is 7.99. The molecule has 0 saturated carbocycles. The van der Waals surface area contributed by atoms with Crippen molar-refractivity contribution in [2.24, 2.45) is 0 Å². The molecule has 0 bridgehead atoms. The molecule has 1 fully saturated rings. The van der Waals surface area contributed by atoms with E-state index in [1.54, 1.807) is 0 Å². The molecule has 0 aromatic heterocycles. The molecule has 0 atom stereocenters. The standard InChI is InChI=1S/C20H22FN3O4S/c1-14-15(12-23-7-9-29-10-8-23)3-2-4-18(14)22-20(25)13-28-16-5-6-19(24(26)27)17(21)11-16/h2-6,11H,7-10,12-13H2,1H3,(H,22,25). The van der Waals surface area contributed by atoms with Gasteiger partial charge in [0.15, 0.2) is 6.61 Å². The van der Waals surface area contributed by atoms with E-state index >= 15 is 0 Å². The lowest BCUT2D eigenvalue weighted by molar-refractivity contribution is -0.387. The number of rotatable bonds is 7. The summed E-state index contributed by atoms with van der Waals surface area (Å²) in [5.41, 5.74) is 2.23. The van der Waals surface area contributed by atoms with Gasteiger partial charge in [0.25, 0.3) is 5.91 Å². The number of nitrogens with zero attached hydrogens (tertiary/aromatic N) is 2. The highest BCUT2D eigenvalue weighted by Crippen LogP contribution is 2.23. The molecule has 1 saturated heterocycles. The van der Waals surface area contributed by atoms with Gasteiger partial charge in [0.2, 0.25) is 5.82 Å². The predicted octanol–water partition coefficient (Wildman–Crippen LogP) is 3.61. The van der Waals surface area contributed by atoms with E-state index in [-0.39, 0.29) is 12.4 Å². The molecule has 154 valence electrons. The third-order valence-corrected chi connectivity index (χ3v) is 5.65. The monoisotopic (exact) mass is 419 g/mol. The van der Waals surface area contributed by atoms with Crippen LogP contribution >= 0.6 is 11.8 Å². The highest BCUT2D eigenvalue weighted by atomic mass is 32.2. The molecule has 3 rings (SSSR count). The summed E-state index contributed by atoms with van der Waals surface area (Å²) < 4.78 is 18.9. The van der Waals surface area contributed by atoms with Gasteiger partial charge < -0.3 is 10.1 Å². The van der Waals surface area contributed by atoms with Crippen molar-refractivity contribution in [2.75, 3.05) is 36.5 Å². The second-order valence-electron chi connectivity index (χ2n) is 6.69. The van der Waals surface area contributed by atoms with Crippen LogP contribution in [0.15, 0.2) is 36.4 Å². The van der Waals surface area contributed by atoms with E-state index in [0.29, 0.717) is 5.69 Å². The summed E-state index contributed by atoms with van der Waals surface area (Å²) in [5.74, 6) is 0.925. The van der Waals surface area contributed by atoms with Gasteiger partial charge in [-0.05, 0) is 30.2 Å². The topological polar surface area (TPSA) is 84.7 Å². The van der Waals surface area contributed by atoms with Gasteiger partial charge >= 0.3 is 5.69 Å². The molecule has 2 aromatic rings. The Morgan fingerprint density at radius 2 is 2.07 bits per heavy atom. The second-order valence-corrected chi connectivity index (χ2v) is 7.91. The van der Waals surface area contributed by atoms with Crippen molar-refractivity contribution in [3.8, 4) is 5.75 Å². The Balaban J connectivity index is 1.58. The van der Waals surface area contributed by atoms with E-state index in [0.717, 1.165) is 54.4 Å². The Hall–Kier alpha value is -2.65. The number of nitro groups is 1. The number of nitro benzene ring substituents is 1. The van der Waals surface area contributed by atoms with Gasteiger partial charge in [-0.3, -0.25) is 19.8 Å². The van der Waals surface area contributed by atoms with Crippen LogP contribution in [-0.2, 0) is 11.3 Å². The van der Waals surface area contributed by atoms with E-state index in [1.807, 2.05) is 30.8 Å². The molecule has 9 heteroatoms. The normalized spacial score (nSPS) is 14.4. The van der Waals surface area contributed by atoms with Gasteiger partial charge in [-0.2, -0.15) is 16.2 Å². The zero-order valence-electron chi connectivity index (χ0n) is 16.0. The molecule has 1 amide bonds. The van der Waals surface area contributed by atoms with Crippen LogP contribution in [0.3, 0.4) is 0 Å². The van der Waals surface area contributed by atoms with Gasteiger partial charge in [0.05, 0.1) is 4.92 Å². The SMILES string of the molecule is Cc1c(CN2CCSCC2)cccc1NC(=O)COc1ccc([N+](=O)[O-])c(F)c1. The maximum absolute atomic E-state index is 13.6. The Morgan fingerprint density at radius 3 is 2.76 bits per heavy atom. The summed E-state index contributed by atoms with van der Waals surface area (Å²) in [6.07, 6.45) is 0. The van der Waals surface area contributed by atoms with Gasteiger partial charge in [-0.1, -0.05) is 12.1 Å². The third kappa shape index (κ3) is 5.68. The Bertz CT molecular complexity index is 903. The molecule has 0 radical (unpaired) electrons. The average Bonchev–Trinajstić information content (AvgIpc) is 2.70. The quantitative estimate of drug-likeness (QED) is 0.545. The molecule has 1 aliphatic heterocycles. The van der Waals surface area contributed by atoms with Gasteiger partial charge in [0, 0.05) is 49.0 Å². The number of thioether (sulfide) groups is 1. The number of amides is 1. The predicted molar refractivity (Wildman–Crippen MR) is 111 cm³/mol. The van der Waals surface area contributed by atoms with Crippen molar-refractivity contribution in [1.29, 1.82) is 0 Å². The number of nitrogens with one attached hydrogen (secondary N) is 1. The van der Waals surface area contributed by atoms with E-state index in [2.05, 4.69) is 16.3 Å². The van der Waals surface area contributed by atoms with Crippen LogP contribution in [0.2, 0.25) is 0 Å². The van der Waals surface area contributed by atoms with Gasteiger partial charge in [-0.15, -0.1) is 0 Å². The zero-order chi connectivity index (χ0) is 20.8. The summed E-state index contributed by atoms with van der Waals surface area (Å²) in [6.45, 7) is 4.59. The molecule has 1 heterocycles. The van der Waals surface area contributed by atoms with E-state index < -0.39 is 22.3 Å². The minimum Gasteiger partial charge on any atom is -0.484 e. The van der Waals surface area contributed by atoms with E-state index in [4.69, 9.17) is 4.74 Å². The number of carbonyl (C=O) groups excluding carboxylic acids is 1. The van der Waals surface area contributed by atoms with Crippen LogP contribution in [0.4, 0.5) is 15.8 Å². The Kier molecular flexibility index (Phi) is 7.05. The first-order valence-corrected chi connectivity index (χ1v) is 10.3. The van der Waals surface area contributed by atoms with E-state index in [9.17, 15) is 19.3 Å². The Morgan fingerprint density at radius 1 is 1.31 bits per heavy atom. The largest absolute Gasteiger partial charge is 0.484 e.